The average molecular weight is 234 g/mol. The van der Waals surface area contributed by atoms with Crippen LogP contribution in [0.25, 0.3) is 0 Å². The normalized spacial score (nSPS) is 14.5. The van der Waals surface area contributed by atoms with E-state index >= 15 is 0 Å². The van der Waals surface area contributed by atoms with Gasteiger partial charge in [0.1, 0.15) is 6.54 Å². The first-order valence-electron chi connectivity index (χ1n) is 6.19. The van der Waals surface area contributed by atoms with E-state index in [0.29, 0.717) is 19.5 Å². The molecule has 0 bridgehead atoms. The molecule has 0 aliphatic heterocycles. The minimum atomic E-state index is 0.00615. The summed E-state index contributed by atoms with van der Waals surface area (Å²) in [7, 11) is 0. The molecule has 92 valence electrons. The number of rotatable bonds is 4. The maximum atomic E-state index is 11.6. The van der Waals surface area contributed by atoms with Crippen LogP contribution in [-0.2, 0) is 17.8 Å². The Kier molecular flexibility index (Phi) is 3.61. The summed E-state index contributed by atoms with van der Waals surface area (Å²) in [5.41, 5.74) is 1.89. The number of carbonyl (C=O) groups is 2. The van der Waals surface area contributed by atoms with Gasteiger partial charge in [0, 0.05) is 30.9 Å². The molecule has 0 unspecified atom stereocenters. The summed E-state index contributed by atoms with van der Waals surface area (Å²) in [6, 6.07) is 0. The molecule has 0 spiro atoms. The number of amides is 1. The van der Waals surface area contributed by atoms with Gasteiger partial charge in [0.2, 0.25) is 5.91 Å². The van der Waals surface area contributed by atoms with Crippen molar-refractivity contribution in [2.45, 2.75) is 39.2 Å². The van der Waals surface area contributed by atoms with Crippen LogP contribution in [0, 0.1) is 0 Å². The summed E-state index contributed by atoms with van der Waals surface area (Å²) in [6.45, 7) is 3.03. The van der Waals surface area contributed by atoms with Crippen molar-refractivity contribution in [2.24, 2.45) is 0 Å². The van der Waals surface area contributed by atoms with Gasteiger partial charge in [0.25, 0.3) is 0 Å². The summed E-state index contributed by atoms with van der Waals surface area (Å²) >= 11 is 0. The molecule has 1 heterocycles. The number of carbonyl (C=O) groups excluding carboxylic acids is 2. The van der Waals surface area contributed by atoms with Crippen LogP contribution in [0.4, 0.5) is 0 Å². The van der Waals surface area contributed by atoms with Crippen LogP contribution >= 0.6 is 0 Å². The van der Waals surface area contributed by atoms with Crippen LogP contribution in [-0.4, -0.2) is 22.8 Å². The molecule has 4 heteroatoms. The Morgan fingerprint density at radius 3 is 2.94 bits per heavy atom. The standard InChI is InChI=1S/C13H18N2O2/c1-2-6-14-13(17)9-15-7-10-4-3-5-12(16)11(10)8-15/h7-8H,2-6,9H2,1H3,(H,14,17). The Morgan fingerprint density at radius 1 is 1.41 bits per heavy atom. The highest BCUT2D eigenvalue weighted by Crippen LogP contribution is 2.21. The fourth-order valence-electron chi connectivity index (χ4n) is 2.16. The molecule has 1 aliphatic carbocycles. The summed E-state index contributed by atoms with van der Waals surface area (Å²) in [6.07, 6.45) is 7.19. The fourth-order valence-corrected chi connectivity index (χ4v) is 2.16. The predicted molar refractivity (Wildman–Crippen MR) is 65.0 cm³/mol. The van der Waals surface area contributed by atoms with Crippen molar-refractivity contribution in [3.63, 3.8) is 0 Å². The van der Waals surface area contributed by atoms with Crippen molar-refractivity contribution in [3.8, 4) is 0 Å². The van der Waals surface area contributed by atoms with Crippen LogP contribution in [0.3, 0.4) is 0 Å². The molecule has 1 aromatic rings. The number of aryl methyl sites for hydroxylation is 1. The predicted octanol–water partition coefficient (Wildman–Crippen LogP) is 1.53. The summed E-state index contributed by atoms with van der Waals surface area (Å²) in [5.74, 6) is 0.214. The number of Topliss-reactive ketones (excluding diaryl/α,β-unsaturated/α-hetero) is 1. The van der Waals surface area contributed by atoms with Crippen LogP contribution < -0.4 is 5.32 Å². The molecule has 1 aliphatic rings. The van der Waals surface area contributed by atoms with E-state index in [-0.39, 0.29) is 11.7 Å². The molecular weight excluding hydrogens is 216 g/mol. The number of fused-ring (bicyclic) bond motifs is 1. The van der Waals surface area contributed by atoms with Crippen molar-refractivity contribution in [1.82, 2.24) is 9.88 Å². The van der Waals surface area contributed by atoms with E-state index in [9.17, 15) is 9.59 Å². The summed E-state index contributed by atoms with van der Waals surface area (Å²) in [5, 5.41) is 2.83. The van der Waals surface area contributed by atoms with Crippen molar-refractivity contribution in [2.75, 3.05) is 6.54 Å². The van der Waals surface area contributed by atoms with Gasteiger partial charge in [0.05, 0.1) is 0 Å². The average Bonchev–Trinajstić information content (AvgIpc) is 2.70. The second kappa shape index (κ2) is 5.17. The maximum Gasteiger partial charge on any atom is 0.239 e. The van der Waals surface area contributed by atoms with Gasteiger partial charge in [-0.05, 0) is 24.8 Å². The van der Waals surface area contributed by atoms with E-state index in [1.807, 2.05) is 23.9 Å². The molecule has 1 N–H and O–H groups in total. The largest absolute Gasteiger partial charge is 0.355 e. The van der Waals surface area contributed by atoms with E-state index in [0.717, 1.165) is 30.4 Å². The lowest BCUT2D eigenvalue weighted by Gasteiger charge is -2.07. The minimum Gasteiger partial charge on any atom is -0.355 e. The highest BCUT2D eigenvalue weighted by atomic mass is 16.2. The molecule has 0 saturated heterocycles. The van der Waals surface area contributed by atoms with E-state index < -0.39 is 0 Å². The van der Waals surface area contributed by atoms with Gasteiger partial charge in [-0.15, -0.1) is 0 Å². The number of hydrogen-bond acceptors (Lipinski definition) is 2. The molecule has 0 radical (unpaired) electrons. The maximum absolute atomic E-state index is 11.6. The lowest BCUT2D eigenvalue weighted by Crippen LogP contribution is -2.27. The van der Waals surface area contributed by atoms with Crippen LogP contribution in [0.5, 0.6) is 0 Å². The second-order valence-corrected chi connectivity index (χ2v) is 4.50. The first-order valence-corrected chi connectivity index (χ1v) is 6.19. The lowest BCUT2D eigenvalue weighted by atomic mass is 9.95. The first-order chi connectivity index (χ1) is 8.20. The zero-order valence-electron chi connectivity index (χ0n) is 10.2. The van der Waals surface area contributed by atoms with Crippen LogP contribution in [0.2, 0.25) is 0 Å². The highest BCUT2D eigenvalue weighted by molar-refractivity contribution is 5.98. The fraction of sp³-hybridized carbons (Fsp3) is 0.538. The van der Waals surface area contributed by atoms with Gasteiger partial charge in [-0.2, -0.15) is 0 Å². The molecule has 0 atom stereocenters. The Morgan fingerprint density at radius 2 is 2.24 bits per heavy atom. The van der Waals surface area contributed by atoms with Crippen LogP contribution in [0.1, 0.15) is 42.1 Å². The molecule has 0 fully saturated rings. The van der Waals surface area contributed by atoms with E-state index in [1.165, 1.54) is 0 Å². The summed E-state index contributed by atoms with van der Waals surface area (Å²) in [4.78, 5) is 23.2. The quantitative estimate of drug-likeness (QED) is 0.859. The SMILES string of the molecule is CCCNC(=O)Cn1cc2c(c1)C(=O)CCC2. The first kappa shape index (κ1) is 11.9. The van der Waals surface area contributed by atoms with Gasteiger partial charge < -0.3 is 9.88 Å². The third-order valence-electron chi connectivity index (χ3n) is 3.01. The molecule has 17 heavy (non-hydrogen) atoms. The monoisotopic (exact) mass is 234 g/mol. The third kappa shape index (κ3) is 2.75. The van der Waals surface area contributed by atoms with Gasteiger partial charge in [-0.25, -0.2) is 0 Å². The van der Waals surface area contributed by atoms with Crippen LogP contribution in [0.15, 0.2) is 12.4 Å². The number of ketones is 1. The van der Waals surface area contributed by atoms with Gasteiger partial charge >= 0.3 is 0 Å². The second-order valence-electron chi connectivity index (χ2n) is 4.50. The van der Waals surface area contributed by atoms with Crippen molar-refractivity contribution in [1.29, 1.82) is 0 Å². The number of hydrogen-bond donors (Lipinski definition) is 1. The van der Waals surface area contributed by atoms with Crippen molar-refractivity contribution >= 4 is 11.7 Å². The topological polar surface area (TPSA) is 51.1 Å². The minimum absolute atomic E-state index is 0.00615. The molecule has 2 rings (SSSR count). The van der Waals surface area contributed by atoms with Crippen molar-refractivity contribution < 1.29 is 9.59 Å². The number of aromatic nitrogens is 1. The Bertz CT molecular complexity index is 435. The molecule has 4 nitrogen and oxygen atoms in total. The van der Waals surface area contributed by atoms with E-state index in [4.69, 9.17) is 0 Å². The zero-order chi connectivity index (χ0) is 12.3. The number of nitrogens with zero attached hydrogens (tertiary/aromatic N) is 1. The highest BCUT2D eigenvalue weighted by Gasteiger charge is 2.19. The van der Waals surface area contributed by atoms with Crippen molar-refractivity contribution in [3.05, 3.63) is 23.5 Å². The molecular formula is C13H18N2O2. The van der Waals surface area contributed by atoms with E-state index in [2.05, 4.69) is 5.32 Å². The Labute approximate surface area is 101 Å². The molecule has 0 saturated carbocycles. The van der Waals surface area contributed by atoms with Gasteiger partial charge in [-0.1, -0.05) is 6.92 Å². The Hall–Kier alpha value is -1.58. The molecule has 0 aromatic carbocycles. The van der Waals surface area contributed by atoms with Gasteiger partial charge in [-0.3, -0.25) is 9.59 Å². The summed E-state index contributed by atoms with van der Waals surface area (Å²) < 4.78 is 1.82. The number of nitrogens with one attached hydrogen (secondary N) is 1. The Balaban J connectivity index is 2.03. The lowest BCUT2D eigenvalue weighted by molar-refractivity contribution is -0.121. The molecule has 1 amide bonds. The third-order valence-corrected chi connectivity index (χ3v) is 3.01. The van der Waals surface area contributed by atoms with Gasteiger partial charge in [0.15, 0.2) is 5.78 Å². The molecule has 1 aromatic heterocycles. The zero-order valence-corrected chi connectivity index (χ0v) is 10.2. The van der Waals surface area contributed by atoms with E-state index in [1.54, 1.807) is 0 Å². The smallest absolute Gasteiger partial charge is 0.239 e.